The zero-order chi connectivity index (χ0) is 21.1. The lowest BCUT2D eigenvalue weighted by molar-refractivity contribution is -0.121. The molecule has 3 aromatic rings. The van der Waals surface area contributed by atoms with Gasteiger partial charge in [0.15, 0.2) is 0 Å². The normalized spacial score (nSPS) is 11.5. The van der Waals surface area contributed by atoms with E-state index in [0.717, 1.165) is 6.07 Å². The first-order valence-corrected chi connectivity index (χ1v) is 8.61. The Morgan fingerprint density at radius 1 is 1.28 bits per heavy atom. The van der Waals surface area contributed by atoms with Crippen molar-refractivity contribution < 1.29 is 9.18 Å². The van der Waals surface area contributed by atoms with Crippen molar-refractivity contribution in [1.82, 2.24) is 20.3 Å². The number of nitrogens with one attached hydrogen (secondary N) is 2. The Kier molecular flexibility index (Phi) is 5.33. The monoisotopic (exact) mass is 390 g/mol. The molecule has 0 saturated carbocycles. The molecule has 0 radical (unpaired) electrons. The molecule has 8 nitrogen and oxygen atoms in total. The number of pyridine rings is 1. The van der Waals surface area contributed by atoms with Gasteiger partial charge in [0.25, 0.3) is 5.56 Å². The molecule has 2 aromatic heterocycles. The highest BCUT2D eigenvalue weighted by molar-refractivity contribution is 5.90. The summed E-state index contributed by atoms with van der Waals surface area (Å²) in [6.45, 7) is 3.24. The zero-order valence-electron chi connectivity index (χ0n) is 15.6. The molecular weight excluding hydrogens is 375 g/mol. The summed E-state index contributed by atoms with van der Waals surface area (Å²) in [4.78, 5) is 35.5. The molecule has 3 rings (SSSR count). The van der Waals surface area contributed by atoms with Gasteiger partial charge in [-0.2, -0.15) is 10.5 Å². The molecule has 1 amide bonds. The second-order valence-corrected chi connectivity index (χ2v) is 6.42. The van der Waals surface area contributed by atoms with E-state index in [0.29, 0.717) is 22.5 Å². The van der Waals surface area contributed by atoms with Crippen LogP contribution in [-0.4, -0.2) is 20.9 Å². The summed E-state index contributed by atoms with van der Waals surface area (Å²) in [5, 5.41) is 21.0. The number of H-pyrrole nitrogens is 1. The fourth-order valence-electron chi connectivity index (χ4n) is 3.05. The van der Waals surface area contributed by atoms with E-state index in [2.05, 4.69) is 20.3 Å². The SMILES string of the molecule is Cc1c(CC(=O)N[C@@H](C)c2ncc(C#N)cn2)c(=O)[nH]c2ccc(F)c(C#N)c12. The number of aryl methyl sites for hydroxylation is 1. The number of rotatable bonds is 4. The third-order valence-electron chi connectivity index (χ3n) is 4.52. The van der Waals surface area contributed by atoms with Gasteiger partial charge in [-0.3, -0.25) is 9.59 Å². The van der Waals surface area contributed by atoms with Gasteiger partial charge in [0, 0.05) is 23.3 Å². The summed E-state index contributed by atoms with van der Waals surface area (Å²) in [5.74, 6) is -0.846. The molecule has 9 heteroatoms. The first-order chi connectivity index (χ1) is 13.8. The highest BCUT2D eigenvalue weighted by Gasteiger charge is 2.19. The van der Waals surface area contributed by atoms with E-state index in [1.54, 1.807) is 19.9 Å². The highest BCUT2D eigenvalue weighted by atomic mass is 19.1. The third kappa shape index (κ3) is 3.80. The summed E-state index contributed by atoms with van der Waals surface area (Å²) in [5.41, 5.74) is 0.475. The number of amides is 1. The van der Waals surface area contributed by atoms with Crippen molar-refractivity contribution >= 4 is 16.8 Å². The minimum Gasteiger partial charge on any atom is -0.346 e. The van der Waals surface area contributed by atoms with Crippen LogP contribution in [0.2, 0.25) is 0 Å². The molecule has 0 aliphatic carbocycles. The van der Waals surface area contributed by atoms with E-state index in [9.17, 15) is 19.2 Å². The second kappa shape index (κ2) is 7.87. The maximum atomic E-state index is 14.0. The smallest absolute Gasteiger partial charge is 0.252 e. The van der Waals surface area contributed by atoms with Gasteiger partial charge in [-0.25, -0.2) is 14.4 Å². The van der Waals surface area contributed by atoms with Crippen LogP contribution in [0, 0.1) is 35.4 Å². The van der Waals surface area contributed by atoms with Crippen LogP contribution in [0.5, 0.6) is 0 Å². The molecule has 0 fully saturated rings. The van der Waals surface area contributed by atoms with E-state index in [-0.39, 0.29) is 22.9 Å². The van der Waals surface area contributed by atoms with Crippen molar-refractivity contribution in [1.29, 1.82) is 10.5 Å². The van der Waals surface area contributed by atoms with Crippen LogP contribution in [0.1, 0.15) is 41.0 Å². The molecule has 2 heterocycles. The van der Waals surface area contributed by atoms with Gasteiger partial charge < -0.3 is 10.3 Å². The van der Waals surface area contributed by atoms with Crippen molar-refractivity contribution in [3.05, 3.63) is 68.8 Å². The Bertz CT molecular complexity index is 1250. The summed E-state index contributed by atoms with van der Waals surface area (Å²) >= 11 is 0. The van der Waals surface area contributed by atoms with E-state index in [1.807, 2.05) is 6.07 Å². The Hall–Kier alpha value is -4.11. The summed E-state index contributed by atoms with van der Waals surface area (Å²) in [7, 11) is 0. The molecule has 2 N–H and O–H groups in total. The number of carbonyl (C=O) groups excluding carboxylic acids is 1. The molecule has 29 heavy (non-hydrogen) atoms. The van der Waals surface area contributed by atoms with Crippen molar-refractivity contribution in [2.45, 2.75) is 26.3 Å². The number of nitriles is 2. The fourth-order valence-corrected chi connectivity index (χ4v) is 3.05. The average molecular weight is 390 g/mol. The first-order valence-electron chi connectivity index (χ1n) is 8.61. The number of nitrogens with zero attached hydrogens (tertiary/aromatic N) is 4. The number of aromatic nitrogens is 3. The number of benzene rings is 1. The van der Waals surface area contributed by atoms with Crippen molar-refractivity contribution in [3.8, 4) is 12.1 Å². The number of hydrogen-bond acceptors (Lipinski definition) is 6. The van der Waals surface area contributed by atoms with Gasteiger partial charge in [-0.05, 0) is 31.5 Å². The Morgan fingerprint density at radius 2 is 1.97 bits per heavy atom. The summed E-state index contributed by atoms with van der Waals surface area (Å²) in [6, 6.07) is 5.65. The van der Waals surface area contributed by atoms with Crippen LogP contribution < -0.4 is 10.9 Å². The maximum absolute atomic E-state index is 14.0. The summed E-state index contributed by atoms with van der Waals surface area (Å²) in [6.07, 6.45) is 2.43. The molecule has 0 unspecified atom stereocenters. The van der Waals surface area contributed by atoms with Crippen LogP contribution >= 0.6 is 0 Å². The van der Waals surface area contributed by atoms with Crippen LogP contribution in [0.4, 0.5) is 4.39 Å². The predicted molar refractivity (Wildman–Crippen MR) is 101 cm³/mol. The third-order valence-corrected chi connectivity index (χ3v) is 4.52. The summed E-state index contributed by atoms with van der Waals surface area (Å²) < 4.78 is 14.0. The van der Waals surface area contributed by atoms with Crippen LogP contribution in [0.15, 0.2) is 29.3 Å². The van der Waals surface area contributed by atoms with Gasteiger partial charge in [0.1, 0.15) is 23.8 Å². The van der Waals surface area contributed by atoms with E-state index in [1.165, 1.54) is 18.5 Å². The maximum Gasteiger partial charge on any atom is 0.252 e. The molecule has 0 aliphatic rings. The van der Waals surface area contributed by atoms with E-state index >= 15 is 0 Å². The second-order valence-electron chi connectivity index (χ2n) is 6.42. The highest BCUT2D eigenvalue weighted by Crippen LogP contribution is 2.24. The Labute approximate surface area is 164 Å². The zero-order valence-corrected chi connectivity index (χ0v) is 15.6. The van der Waals surface area contributed by atoms with Crippen molar-refractivity contribution in [2.75, 3.05) is 0 Å². The molecule has 144 valence electrons. The largest absolute Gasteiger partial charge is 0.346 e. The topological polar surface area (TPSA) is 135 Å². The minimum absolute atomic E-state index is 0.144. The van der Waals surface area contributed by atoms with Gasteiger partial charge >= 0.3 is 0 Å². The lowest BCUT2D eigenvalue weighted by Crippen LogP contribution is -2.31. The lowest BCUT2D eigenvalue weighted by atomic mass is 9.98. The van der Waals surface area contributed by atoms with Crippen LogP contribution in [-0.2, 0) is 11.2 Å². The lowest BCUT2D eigenvalue weighted by Gasteiger charge is -2.14. The molecular formula is C20H15FN6O2. The van der Waals surface area contributed by atoms with Gasteiger partial charge in [0.05, 0.1) is 29.1 Å². The number of carbonyl (C=O) groups is 1. The minimum atomic E-state index is -0.697. The first kappa shape index (κ1) is 19.6. The molecule has 0 bridgehead atoms. The molecule has 0 aliphatic heterocycles. The van der Waals surface area contributed by atoms with Crippen molar-refractivity contribution in [2.24, 2.45) is 0 Å². The van der Waals surface area contributed by atoms with Gasteiger partial charge in [-0.1, -0.05) is 0 Å². The van der Waals surface area contributed by atoms with E-state index < -0.39 is 23.3 Å². The quantitative estimate of drug-likeness (QED) is 0.699. The molecule has 0 saturated heterocycles. The number of hydrogen-bond donors (Lipinski definition) is 2. The molecule has 0 spiro atoms. The fraction of sp³-hybridized carbons (Fsp3) is 0.200. The van der Waals surface area contributed by atoms with E-state index in [4.69, 9.17) is 5.26 Å². The van der Waals surface area contributed by atoms with Crippen molar-refractivity contribution in [3.63, 3.8) is 0 Å². The Balaban J connectivity index is 1.89. The molecule has 1 atom stereocenters. The predicted octanol–water partition coefficient (Wildman–Crippen LogP) is 1.93. The number of aromatic amines is 1. The average Bonchev–Trinajstić information content (AvgIpc) is 2.71. The number of halogens is 1. The van der Waals surface area contributed by atoms with Gasteiger partial charge in [0.2, 0.25) is 5.91 Å². The van der Waals surface area contributed by atoms with Gasteiger partial charge in [-0.15, -0.1) is 0 Å². The standard InChI is InChI=1S/C20H15FN6O2/c1-10-13(20(29)27-16-4-3-15(21)14(7-23)18(10)16)5-17(28)26-11(2)19-24-8-12(6-22)9-25-19/h3-4,8-9,11H,5H2,1-2H3,(H,26,28)(H,27,29)/t11-/m0/s1. The van der Waals surface area contributed by atoms with Crippen LogP contribution in [0.3, 0.4) is 0 Å². The number of fused-ring (bicyclic) bond motifs is 1. The Morgan fingerprint density at radius 3 is 2.59 bits per heavy atom. The molecule has 1 aromatic carbocycles. The van der Waals surface area contributed by atoms with Crippen LogP contribution in [0.25, 0.3) is 10.9 Å².